The van der Waals surface area contributed by atoms with Gasteiger partial charge in [0.25, 0.3) is 0 Å². The lowest BCUT2D eigenvalue weighted by Gasteiger charge is -1.97. The summed E-state index contributed by atoms with van der Waals surface area (Å²) < 4.78 is 0. The van der Waals surface area contributed by atoms with Gasteiger partial charge in [-0.25, -0.2) is 0 Å². The van der Waals surface area contributed by atoms with Gasteiger partial charge in [0.2, 0.25) is 0 Å². The van der Waals surface area contributed by atoms with E-state index in [1.165, 1.54) is 22.3 Å². The minimum atomic E-state index is 1.13. The zero-order valence-electron chi connectivity index (χ0n) is 42.5. The molecule has 0 atom stereocenters. The van der Waals surface area contributed by atoms with E-state index in [9.17, 15) is 0 Å². The fraction of sp³-hybridized carbons (Fsp3) is 0.628. The smallest absolute Gasteiger partial charge is 0.0487 e. The maximum atomic E-state index is 3.81. The van der Waals surface area contributed by atoms with Gasteiger partial charge in [-0.2, -0.15) is 30.6 Å². The van der Waals surface area contributed by atoms with Gasteiger partial charge in [0.05, 0.1) is 0 Å². The van der Waals surface area contributed by atoms with Crippen LogP contribution in [0.3, 0.4) is 0 Å². The quantitative estimate of drug-likeness (QED) is 0.0925. The van der Waals surface area contributed by atoms with E-state index in [2.05, 4.69) is 144 Å². The van der Waals surface area contributed by atoms with E-state index < -0.39 is 0 Å². The maximum Gasteiger partial charge on any atom is 0.0487 e. The second-order valence-corrected chi connectivity index (χ2v) is 11.9. The van der Waals surface area contributed by atoms with Gasteiger partial charge in [0.1, 0.15) is 0 Å². The average molecular weight is 796 g/mol. The molecule has 0 spiro atoms. The molecule has 13 nitrogen and oxygen atoms in total. The topological polar surface area (TPSA) is 133 Å². The van der Waals surface area contributed by atoms with Gasteiger partial charge < -0.3 is 24.9 Å². The summed E-state index contributed by atoms with van der Waals surface area (Å²) >= 11 is 0. The predicted molar refractivity (Wildman–Crippen MR) is 272 cm³/mol. The lowest BCUT2D eigenvalue weighted by Crippen LogP contribution is -1.99. The Kier molecular flexibility index (Phi) is 164. The number of azo groups is 1. The summed E-state index contributed by atoms with van der Waals surface area (Å²) in [5, 5.41) is 22.9. The zero-order valence-corrected chi connectivity index (χ0v) is 42.5. The average Bonchev–Trinajstić information content (AvgIpc) is 3.09. The molecule has 0 radical (unpaired) electrons. The summed E-state index contributed by atoms with van der Waals surface area (Å²) in [7, 11) is 23.4. The van der Waals surface area contributed by atoms with Gasteiger partial charge in [-0.15, -0.1) is 25.0 Å². The fourth-order valence-corrected chi connectivity index (χ4v) is 0. The van der Waals surface area contributed by atoms with E-state index in [1.807, 2.05) is 123 Å². The Morgan fingerprint density at radius 3 is 0.518 bits per heavy atom. The van der Waals surface area contributed by atoms with Crippen molar-refractivity contribution >= 4 is 51.7 Å². The molecule has 0 heterocycles. The summed E-state index contributed by atoms with van der Waals surface area (Å²) in [6.45, 7) is 53.7. The molecule has 0 aromatic heterocycles. The van der Waals surface area contributed by atoms with Gasteiger partial charge in [-0.1, -0.05) is 22.3 Å². The Balaban J connectivity index is -0.0000000327. The van der Waals surface area contributed by atoms with Crippen molar-refractivity contribution in [1.29, 1.82) is 0 Å². The zero-order chi connectivity index (χ0) is 48.7. The van der Waals surface area contributed by atoms with Crippen molar-refractivity contribution in [2.45, 2.75) is 96.9 Å². The van der Waals surface area contributed by atoms with Crippen molar-refractivity contribution in [3.05, 3.63) is 35.5 Å². The highest BCUT2D eigenvalue weighted by atomic mass is 15.4. The van der Waals surface area contributed by atoms with Crippen LogP contribution in [0.5, 0.6) is 0 Å². The second-order valence-electron chi connectivity index (χ2n) is 11.9. The number of rotatable bonds is 3. The van der Waals surface area contributed by atoms with Gasteiger partial charge in [0.15, 0.2) is 0 Å². The van der Waals surface area contributed by atoms with Crippen LogP contribution in [0.4, 0.5) is 0 Å². The third-order valence-electron chi connectivity index (χ3n) is 3.01. The van der Waals surface area contributed by atoms with Crippen LogP contribution in [0.15, 0.2) is 86.1 Å². The first kappa shape index (κ1) is 88.5. The SMILES string of the molecule is C=C(C)C.C=C(C)C.C=NC.C=NC.C=NN(C)C.C=NN(C)C.C=NN=C.CC#CC.CC(C)=C(C)C.CN(C)C.CN=C(C)C.CN=C(C)C.CN=NC. The molecule has 0 saturated heterocycles. The first-order valence-electron chi connectivity index (χ1n) is 17.2. The van der Waals surface area contributed by atoms with Crippen LogP contribution < -0.4 is 0 Å². The molecule has 0 saturated carbocycles. The minimum Gasteiger partial charge on any atom is -0.312 e. The molecule has 0 bridgehead atoms. The Morgan fingerprint density at radius 2 is 0.518 bits per heavy atom. The van der Waals surface area contributed by atoms with Gasteiger partial charge in [-0.05, 0) is 132 Å². The Hall–Kier alpha value is -4.70. The maximum absolute atomic E-state index is 3.81. The lowest BCUT2D eigenvalue weighted by atomic mass is 10.2. The molecule has 0 aliphatic carbocycles. The normalized spacial score (nSPS) is 6.64. The molecule has 13 heteroatoms. The third kappa shape index (κ3) is 1080. The first-order chi connectivity index (χ1) is 25.5. The fourth-order valence-electron chi connectivity index (χ4n) is 0. The van der Waals surface area contributed by atoms with Crippen LogP contribution in [-0.4, -0.2) is 158 Å². The Morgan fingerprint density at radius 1 is 0.411 bits per heavy atom. The highest BCUT2D eigenvalue weighted by Gasteiger charge is 1.75. The summed E-state index contributed by atoms with van der Waals surface area (Å²) in [6, 6.07) is 0. The minimum absolute atomic E-state index is 1.13. The highest BCUT2D eigenvalue weighted by molar-refractivity contribution is 5.79. The molecule has 0 aromatic carbocycles. The number of hydrogen-bond donors (Lipinski definition) is 0. The van der Waals surface area contributed by atoms with E-state index in [1.54, 1.807) is 52.3 Å². The number of hydrogen-bond acceptors (Lipinski definition) is 13. The van der Waals surface area contributed by atoms with Gasteiger partial charge >= 0.3 is 0 Å². The molecule has 0 fully saturated rings. The van der Waals surface area contributed by atoms with Crippen molar-refractivity contribution < 1.29 is 0 Å². The van der Waals surface area contributed by atoms with Gasteiger partial charge in [-0.3, -0.25) is 9.98 Å². The molecular weight excluding hydrogens is 699 g/mol. The third-order valence-corrected chi connectivity index (χ3v) is 3.01. The molecule has 0 rings (SSSR count). The number of allylic oxidation sites excluding steroid dienone is 4. The summed E-state index contributed by atoms with van der Waals surface area (Å²) in [5.74, 6) is 5.36. The molecule has 0 aromatic rings. The first-order valence-corrected chi connectivity index (χ1v) is 17.2. The molecule has 0 N–H and O–H groups in total. The summed E-state index contributed by atoms with van der Waals surface area (Å²) in [6.07, 6.45) is 0. The Labute approximate surface area is 352 Å². The molecular formula is C43H97N13. The molecule has 0 amide bonds. The number of aliphatic imine (C=N–C) groups is 4. The van der Waals surface area contributed by atoms with Crippen LogP contribution in [0.2, 0.25) is 0 Å². The molecule has 334 valence electrons. The molecule has 0 aliphatic rings. The Bertz CT molecular complexity index is 892. The van der Waals surface area contributed by atoms with E-state index in [4.69, 9.17) is 0 Å². The number of nitrogens with zero attached hydrogens (tertiary/aromatic N) is 13. The standard InChI is InChI=1S/C6H12.2C4H9N.2C4H8.C4H6.2C3H8N2.C3H9N.C2H6N2.C2H4N2.2C2H5N/c1-5(2)6(3)4;2*1-4(2)5-3;2*1-4(2)3;1-3-4-2;2*1-4-5(2)3;1-4(2)3;2*1-3-4-2;2*1-3-2/h1-4H3;2*1-3H3;2*1H2,2-3H3;1-2H3;2*1H2,2-3H3;1-3H3;1-2H3;1-2H2;2*1H2,2H3. The van der Waals surface area contributed by atoms with Crippen molar-refractivity contribution in [3.8, 4) is 11.8 Å². The van der Waals surface area contributed by atoms with Crippen LogP contribution in [0, 0.1) is 11.8 Å². The number of hydrazone groups is 2. The van der Waals surface area contributed by atoms with Crippen molar-refractivity contribution in [1.82, 2.24) is 14.9 Å². The van der Waals surface area contributed by atoms with Crippen molar-refractivity contribution in [2.75, 3.05) is 91.6 Å². The molecule has 0 unspecified atom stereocenters. The summed E-state index contributed by atoms with van der Waals surface area (Å²) in [4.78, 5) is 16.1. The van der Waals surface area contributed by atoms with E-state index >= 15 is 0 Å². The van der Waals surface area contributed by atoms with Gasteiger partial charge in [0, 0.05) is 109 Å². The largest absolute Gasteiger partial charge is 0.312 e. The second kappa shape index (κ2) is 104. The highest BCUT2D eigenvalue weighted by Crippen LogP contribution is 1.97. The lowest BCUT2D eigenvalue weighted by molar-refractivity contribution is 0.442. The van der Waals surface area contributed by atoms with Crippen LogP contribution in [-0.2, 0) is 0 Å². The van der Waals surface area contributed by atoms with Crippen LogP contribution in [0.1, 0.15) is 96.9 Å². The van der Waals surface area contributed by atoms with Crippen molar-refractivity contribution in [3.63, 3.8) is 0 Å². The monoisotopic (exact) mass is 796 g/mol. The van der Waals surface area contributed by atoms with E-state index in [0.717, 1.165) is 11.4 Å². The van der Waals surface area contributed by atoms with Crippen LogP contribution >= 0.6 is 0 Å². The molecule has 0 aliphatic heterocycles. The van der Waals surface area contributed by atoms with E-state index in [0.29, 0.717) is 0 Å². The molecule has 56 heavy (non-hydrogen) atoms. The van der Waals surface area contributed by atoms with Crippen LogP contribution in [0.25, 0.3) is 0 Å². The van der Waals surface area contributed by atoms with E-state index in [-0.39, 0.29) is 0 Å². The predicted octanol–water partition coefficient (Wildman–Crippen LogP) is 10.9. The summed E-state index contributed by atoms with van der Waals surface area (Å²) in [5.41, 5.74) is 7.44. The van der Waals surface area contributed by atoms with Crippen molar-refractivity contribution in [2.24, 2.45) is 50.6 Å².